The Hall–Kier alpha value is -1.56. The highest BCUT2D eigenvalue weighted by Gasteiger charge is 2.29. The molecule has 5 nitrogen and oxygen atoms in total. The van der Waals surface area contributed by atoms with E-state index in [1.807, 2.05) is 0 Å². The first-order valence-corrected chi connectivity index (χ1v) is 7.63. The first-order valence-electron chi connectivity index (χ1n) is 5.74. The fourth-order valence-corrected chi connectivity index (χ4v) is 2.27. The molecule has 1 aliphatic carbocycles. The van der Waals surface area contributed by atoms with Crippen molar-refractivity contribution in [1.82, 2.24) is 0 Å². The maximum absolute atomic E-state index is 11.6. The topological polar surface area (TPSA) is 75.3 Å². The number of sulfonamides is 1. The van der Waals surface area contributed by atoms with Crippen molar-refractivity contribution in [2.45, 2.75) is 19.8 Å². The summed E-state index contributed by atoms with van der Waals surface area (Å²) >= 11 is 0. The monoisotopic (exact) mass is 268 g/mol. The molecule has 1 aliphatic rings. The lowest BCUT2D eigenvalue weighted by atomic mass is 10.2. The molecule has 1 aromatic carbocycles. The number of amides is 1. The molecule has 0 bridgehead atoms. The predicted molar refractivity (Wildman–Crippen MR) is 71.0 cm³/mol. The van der Waals surface area contributed by atoms with Crippen LogP contribution < -0.4 is 10.0 Å². The molecule has 1 aromatic rings. The van der Waals surface area contributed by atoms with Gasteiger partial charge in [0.05, 0.1) is 11.9 Å². The van der Waals surface area contributed by atoms with Gasteiger partial charge in [0, 0.05) is 11.6 Å². The largest absolute Gasteiger partial charge is 0.326 e. The zero-order valence-electron chi connectivity index (χ0n) is 10.4. The second-order valence-electron chi connectivity index (χ2n) is 4.67. The molecule has 2 N–H and O–H groups in total. The first kappa shape index (κ1) is 12.9. The summed E-state index contributed by atoms with van der Waals surface area (Å²) in [5.41, 5.74) is 2.00. The van der Waals surface area contributed by atoms with Crippen molar-refractivity contribution in [3.63, 3.8) is 0 Å². The van der Waals surface area contributed by atoms with Gasteiger partial charge in [0.1, 0.15) is 0 Å². The molecule has 18 heavy (non-hydrogen) atoms. The molecule has 0 spiro atoms. The second-order valence-corrected chi connectivity index (χ2v) is 6.42. The van der Waals surface area contributed by atoms with Gasteiger partial charge in [-0.2, -0.15) is 0 Å². The molecule has 0 heterocycles. The maximum Gasteiger partial charge on any atom is 0.229 e. The Morgan fingerprint density at radius 3 is 2.50 bits per heavy atom. The molecule has 0 unspecified atom stereocenters. The summed E-state index contributed by atoms with van der Waals surface area (Å²) in [6.07, 6.45) is 3.02. The molecule has 0 aliphatic heterocycles. The highest BCUT2D eigenvalue weighted by molar-refractivity contribution is 7.92. The number of rotatable bonds is 4. The highest BCUT2D eigenvalue weighted by Crippen LogP contribution is 2.30. The number of benzene rings is 1. The molecule has 0 aromatic heterocycles. The van der Waals surface area contributed by atoms with Crippen molar-refractivity contribution >= 4 is 27.3 Å². The Morgan fingerprint density at radius 2 is 2.00 bits per heavy atom. The summed E-state index contributed by atoms with van der Waals surface area (Å²) in [7, 11) is -3.28. The molecule has 6 heteroatoms. The number of nitrogens with one attached hydrogen (secondary N) is 2. The third-order valence-electron chi connectivity index (χ3n) is 2.74. The number of hydrogen-bond acceptors (Lipinski definition) is 3. The zero-order chi connectivity index (χ0) is 13.3. The molecular formula is C12H16N2O3S. The van der Waals surface area contributed by atoms with Crippen LogP contribution in [0.2, 0.25) is 0 Å². The third kappa shape index (κ3) is 3.46. The predicted octanol–water partition coefficient (Wildman–Crippen LogP) is 1.72. The van der Waals surface area contributed by atoms with Crippen LogP contribution in [0.5, 0.6) is 0 Å². The van der Waals surface area contributed by atoms with Crippen LogP contribution in [-0.2, 0) is 14.8 Å². The van der Waals surface area contributed by atoms with Crippen molar-refractivity contribution in [3.8, 4) is 0 Å². The summed E-state index contributed by atoms with van der Waals surface area (Å²) in [5.74, 6) is 0.192. The lowest BCUT2D eigenvalue weighted by Crippen LogP contribution is -2.14. The average Bonchev–Trinajstić information content (AvgIpc) is 3.03. The van der Waals surface area contributed by atoms with Crippen LogP contribution in [0.4, 0.5) is 11.4 Å². The molecule has 98 valence electrons. The minimum Gasteiger partial charge on any atom is -0.326 e. The van der Waals surface area contributed by atoms with Gasteiger partial charge in [-0.15, -0.1) is 0 Å². The van der Waals surface area contributed by atoms with E-state index in [4.69, 9.17) is 0 Å². The summed E-state index contributed by atoms with van der Waals surface area (Å²) in [4.78, 5) is 11.6. The SMILES string of the molecule is Cc1cc(NC(=O)C2CC2)ccc1NS(C)(=O)=O. The van der Waals surface area contributed by atoms with Crippen LogP contribution in [0.3, 0.4) is 0 Å². The minimum absolute atomic E-state index is 0.0400. The lowest BCUT2D eigenvalue weighted by molar-refractivity contribution is -0.117. The van der Waals surface area contributed by atoms with Gasteiger partial charge < -0.3 is 5.32 Å². The smallest absolute Gasteiger partial charge is 0.229 e. The molecule has 0 radical (unpaired) electrons. The van der Waals surface area contributed by atoms with E-state index in [1.54, 1.807) is 25.1 Å². The summed E-state index contributed by atoms with van der Waals surface area (Å²) < 4.78 is 24.7. The van der Waals surface area contributed by atoms with Gasteiger partial charge in [0.2, 0.25) is 15.9 Å². The van der Waals surface area contributed by atoms with E-state index in [1.165, 1.54) is 0 Å². The molecular weight excluding hydrogens is 252 g/mol. The van der Waals surface area contributed by atoms with Crippen molar-refractivity contribution in [2.75, 3.05) is 16.3 Å². The van der Waals surface area contributed by atoms with E-state index < -0.39 is 10.0 Å². The normalized spacial score (nSPS) is 15.2. The minimum atomic E-state index is -3.28. The summed E-state index contributed by atoms with van der Waals surface area (Å²) in [5, 5.41) is 2.82. The van der Waals surface area contributed by atoms with Crippen molar-refractivity contribution in [3.05, 3.63) is 23.8 Å². The van der Waals surface area contributed by atoms with Crippen LogP contribution in [-0.4, -0.2) is 20.6 Å². The fourth-order valence-electron chi connectivity index (χ4n) is 1.65. The number of aryl methyl sites for hydroxylation is 1. The molecule has 0 saturated heterocycles. The molecule has 1 saturated carbocycles. The van der Waals surface area contributed by atoms with E-state index in [9.17, 15) is 13.2 Å². The number of carbonyl (C=O) groups is 1. The maximum atomic E-state index is 11.6. The van der Waals surface area contributed by atoms with E-state index in [0.717, 1.165) is 24.7 Å². The van der Waals surface area contributed by atoms with Crippen molar-refractivity contribution in [2.24, 2.45) is 5.92 Å². The summed E-state index contributed by atoms with van der Waals surface area (Å²) in [6.45, 7) is 1.79. The van der Waals surface area contributed by atoms with Gasteiger partial charge in [-0.25, -0.2) is 8.42 Å². The Morgan fingerprint density at radius 1 is 1.33 bits per heavy atom. The molecule has 2 rings (SSSR count). The van der Waals surface area contributed by atoms with Crippen LogP contribution in [0.1, 0.15) is 18.4 Å². The number of anilines is 2. The van der Waals surface area contributed by atoms with Gasteiger partial charge in [-0.05, 0) is 43.5 Å². The van der Waals surface area contributed by atoms with Crippen LogP contribution in [0.15, 0.2) is 18.2 Å². The van der Waals surface area contributed by atoms with Crippen LogP contribution in [0.25, 0.3) is 0 Å². The average molecular weight is 268 g/mol. The summed E-state index contributed by atoms with van der Waals surface area (Å²) in [6, 6.07) is 5.10. The zero-order valence-corrected chi connectivity index (χ0v) is 11.2. The Labute approximate surface area is 107 Å². The third-order valence-corrected chi connectivity index (χ3v) is 3.33. The van der Waals surface area contributed by atoms with Gasteiger partial charge in [0.25, 0.3) is 0 Å². The van der Waals surface area contributed by atoms with E-state index >= 15 is 0 Å². The van der Waals surface area contributed by atoms with Gasteiger partial charge in [0.15, 0.2) is 0 Å². The Balaban J connectivity index is 2.11. The van der Waals surface area contributed by atoms with E-state index in [0.29, 0.717) is 11.4 Å². The van der Waals surface area contributed by atoms with Gasteiger partial charge >= 0.3 is 0 Å². The van der Waals surface area contributed by atoms with Gasteiger partial charge in [-0.3, -0.25) is 9.52 Å². The quantitative estimate of drug-likeness (QED) is 0.873. The Kier molecular flexibility index (Phi) is 3.30. The first-order chi connectivity index (χ1) is 8.35. The van der Waals surface area contributed by atoms with Crippen LogP contribution in [0, 0.1) is 12.8 Å². The Bertz CT molecular complexity index is 577. The van der Waals surface area contributed by atoms with Gasteiger partial charge in [-0.1, -0.05) is 0 Å². The molecule has 1 fully saturated rings. The molecule has 1 amide bonds. The van der Waals surface area contributed by atoms with E-state index in [-0.39, 0.29) is 11.8 Å². The second kappa shape index (κ2) is 4.61. The number of hydrogen-bond donors (Lipinski definition) is 2. The fraction of sp³-hybridized carbons (Fsp3) is 0.417. The lowest BCUT2D eigenvalue weighted by Gasteiger charge is -2.10. The van der Waals surface area contributed by atoms with E-state index in [2.05, 4.69) is 10.0 Å². The molecule has 0 atom stereocenters. The standard InChI is InChI=1S/C12H16N2O3S/c1-8-7-10(13-12(15)9-3-4-9)5-6-11(8)14-18(2,16)17/h5-7,9,14H,3-4H2,1-2H3,(H,13,15). The van der Waals surface area contributed by atoms with Crippen molar-refractivity contribution < 1.29 is 13.2 Å². The van der Waals surface area contributed by atoms with Crippen LogP contribution >= 0.6 is 0 Å². The van der Waals surface area contributed by atoms with Crippen molar-refractivity contribution in [1.29, 1.82) is 0 Å². The number of carbonyl (C=O) groups excluding carboxylic acids is 1. The highest BCUT2D eigenvalue weighted by atomic mass is 32.2.